The van der Waals surface area contributed by atoms with Gasteiger partial charge in [-0.2, -0.15) is 0 Å². The fourth-order valence-electron chi connectivity index (χ4n) is 5.47. The number of carbonyl (C=O) groups is 2. The molecule has 1 aromatic heterocycles. The molecule has 0 radical (unpaired) electrons. The first-order valence-electron chi connectivity index (χ1n) is 13.7. The van der Waals surface area contributed by atoms with Crippen LogP contribution >= 0.6 is 11.3 Å². The average Bonchev–Trinajstić information content (AvgIpc) is 3.63. The van der Waals surface area contributed by atoms with Crippen LogP contribution in [0.1, 0.15) is 83.3 Å². The summed E-state index contributed by atoms with van der Waals surface area (Å²) in [6.45, 7) is 7.09. The second-order valence-electron chi connectivity index (χ2n) is 10.9. The highest BCUT2D eigenvalue weighted by Gasteiger charge is 2.36. The van der Waals surface area contributed by atoms with Gasteiger partial charge in [0, 0.05) is 30.9 Å². The molecule has 1 unspecified atom stereocenters. The van der Waals surface area contributed by atoms with Crippen LogP contribution in [-0.2, 0) is 17.8 Å². The largest absolute Gasteiger partial charge is 0.486 e. The minimum Gasteiger partial charge on any atom is -0.486 e. The minimum atomic E-state index is -0.119. The monoisotopic (exact) mass is 531 g/mol. The van der Waals surface area contributed by atoms with Gasteiger partial charge in [0.15, 0.2) is 0 Å². The van der Waals surface area contributed by atoms with Crippen molar-refractivity contribution >= 4 is 23.2 Å². The van der Waals surface area contributed by atoms with Crippen LogP contribution in [-0.4, -0.2) is 46.2 Å². The second-order valence-corrected chi connectivity index (χ2v) is 11.8. The number of thiazole rings is 1. The van der Waals surface area contributed by atoms with Crippen molar-refractivity contribution in [3.8, 4) is 5.75 Å². The van der Waals surface area contributed by atoms with Crippen molar-refractivity contribution in [2.75, 3.05) is 13.6 Å². The Morgan fingerprint density at radius 2 is 1.87 bits per heavy atom. The van der Waals surface area contributed by atoms with Crippen LogP contribution in [0.4, 0.5) is 0 Å². The topological polar surface area (TPSA) is 62.7 Å². The summed E-state index contributed by atoms with van der Waals surface area (Å²) in [7, 11) is 1.79. The number of aromatic nitrogens is 1. The number of carbonyl (C=O) groups excluding carboxylic acids is 2. The van der Waals surface area contributed by atoms with Crippen LogP contribution in [0.25, 0.3) is 0 Å². The zero-order valence-electron chi connectivity index (χ0n) is 22.8. The standard InChI is InChI=1S/C31H37N3O3S/c1-20(2)33(4)31(36)27-19-38-28(32-27)18-37-25-14-13-22-15-16-34(30(35)24-7-5-6-8-24)29(26(22)17-25)23-11-9-21(3)10-12-23/h9-14,17,19-20,24,29H,5-8,15-16,18H2,1-4H3. The Bertz CT molecular complexity index is 1290. The minimum absolute atomic E-state index is 0.0794. The molecule has 2 aromatic carbocycles. The summed E-state index contributed by atoms with van der Waals surface area (Å²) < 4.78 is 6.18. The van der Waals surface area contributed by atoms with E-state index in [-0.39, 0.29) is 29.8 Å². The van der Waals surface area contributed by atoms with Crippen molar-refractivity contribution in [2.24, 2.45) is 5.92 Å². The third kappa shape index (κ3) is 5.48. The molecule has 0 bridgehead atoms. The van der Waals surface area contributed by atoms with Crippen LogP contribution in [0.15, 0.2) is 47.8 Å². The number of fused-ring (bicyclic) bond motifs is 1. The Labute approximate surface area is 229 Å². The van der Waals surface area contributed by atoms with Gasteiger partial charge in [-0.05, 0) is 68.9 Å². The number of nitrogens with zero attached hydrogens (tertiary/aromatic N) is 3. The van der Waals surface area contributed by atoms with Crippen LogP contribution in [0, 0.1) is 12.8 Å². The van der Waals surface area contributed by atoms with Gasteiger partial charge in [-0.1, -0.05) is 48.7 Å². The highest BCUT2D eigenvalue weighted by Crippen LogP contribution is 2.40. The lowest BCUT2D eigenvalue weighted by atomic mass is 9.86. The summed E-state index contributed by atoms with van der Waals surface area (Å²) in [4.78, 5) is 34.6. The maximum absolute atomic E-state index is 13.7. The molecule has 1 saturated carbocycles. The lowest BCUT2D eigenvalue weighted by molar-refractivity contribution is -0.137. The summed E-state index contributed by atoms with van der Waals surface area (Å²) in [5.74, 6) is 1.10. The predicted molar refractivity (Wildman–Crippen MR) is 151 cm³/mol. The first-order valence-corrected chi connectivity index (χ1v) is 14.5. The molecule has 1 aliphatic heterocycles. The van der Waals surface area contributed by atoms with Crippen molar-refractivity contribution in [3.63, 3.8) is 0 Å². The zero-order valence-corrected chi connectivity index (χ0v) is 23.6. The molecule has 1 fully saturated rings. The highest BCUT2D eigenvalue weighted by atomic mass is 32.1. The number of ether oxygens (including phenoxy) is 1. The van der Waals surface area contributed by atoms with Gasteiger partial charge < -0.3 is 14.5 Å². The van der Waals surface area contributed by atoms with Crippen LogP contribution in [0.5, 0.6) is 5.75 Å². The van der Waals surface area contributed by atoms with E-state index in [0.29, 0.717) is 12.3 Å². The van der Waals surface area contributed by atoms with Gasteiger partial charge in [-0.3, -0.25) is 9.59 Å². The quantitative estimate of drug-likeness (QED) is 0.366. The second kappa shape index (κ2) is 11.3. The van der Waals surface area contributed by atoms with Crippen molar-refractivity contribution in [1.82, 2.24) is 14.8 Å². The number of rotatable bonds is 7. The van der Waals surface area contributed by atoms with Crippen molar-refractivity contribution in [3.05, 3.63) is 80.8 Å². The molecule has 2 heterocycles. The van der Waals surface area contributed by atoms with E-state index < -0.39 is 0 Å². The van der Waals surface area contributed by atoms with E-state index in [1.807, 2.05) is 19.9 Å². The number of hydrogen-bond donors (Lipinski definition) is 0. The van der Waals surface area contributed by atoms with Crippen molar-refractivity contribution in [2.45, 2.75) is 71.6 Å². The molecular formula is C31H37N3O3S. The molecule has 38 heavy (non-hydrogen) atoms. The highest BCUT2D eigenvalue weighted by molar-refractivity contribution is 7.09. The van der Waals surface area contributed by atoms with Crippen molar-refractivity contribution in [1.29, 1.82) is 0 Å². The molecule has 0 saturated heterocycles. The van der Waals surface area contributed by atoms with Crippen LogP contribution < -0.4 is 4.74 Å². The summed E-state index contributed by atoms with van der Waals surface area (Å²) in [5.41, 5.74) is 5.19. The molecule has 2 aliphatic rings. The maximum atomic E-state index is 13.7. The summed E-state index contributed by atoms with van der Waals surface area (Å²) >= 11 is 1.44. The Morgan fingerprint density at radius 3 is 2.58 bits per heavy atom. The number of aryl methyl sites for hydroxylation is 1. The van der Waals surface area contributed by atoms with E-state index in [9.17, 15) is 9.59 Å². The predicted octanol–water partition coefficient (Wildman–Crippen LogP) is 6.18. The van der Waals surface area contributed by atoms with Crippen LogP contribution in [0.3, 0.4) is 0 Å². The van der Waals surface area contributed by atoms with Gasteiger partial charge in [0.25, 0.3) is 5.91 Å². The SMILES string of the molecule is Cc1ccc(C2c3cc(OCc4nc(C(=O)N(C)C(C)C)cs4)ccc3CCN2C(=O)C2CCCC2)cc1. The van der Waals surface area contributed by atoms with Gasteiger partial charge in [0.2, 0.25) is 5.91 Å². The first-order chi connectivity index (χ1) is 18.3. The molecule has 5 rings (SSSR count). The van der Waals surface area contributed by atoms with E-state index in [1.54, 1.807) is 17.3 Å². The number of hydrogen-bond acceptors (Lipinski definition) is 5. The fourth-order valence-corrected chi connectivity index (χ4v) is 6.15. The smallest absolute Gasteiger partial charge is 0.273 e. The number of benzene rings is 2. The summed E-state index contributed by atoms with van der Waals surface area (Å²) in [5, 5.41) is 2.56. The first kappa shape index (κ1) is 26.4. The van der Waals surface area contributed by atoms with E-state index >= 15 is 0 Å². The lowest BCUT2D eigenvalue weighted by Gasteiger charge is -2.39. The molecule has 0 N–H and O–H groups in total. The molecule has 1 aliphatic carbocycles. The Balaban J connectivity index is 1.39. The summed E-state index contributed by atoms with van der Waals surface area (Å²) in [6.07, 6.45) is 5.13. The normalized spacial score (nSPS) is 17.5. The van der Waals surface area contributed by atoms with Gasteiger partial charge in [-0.25, -0.2) is 4.98 Å². The van der Waals surface area contributed by atoms with E-state index in [2.05, 4.69) is 53.2 Å². The van der Waals surface area contributed by atoms with Gasteiger partial charge in [0.05, 0.1) is 6.04 Å². The Morgan fingerprint density at radius 1 is 1.13 bits per heavy atom. The molecule has 2 amide bonds. The molecule has 200 valence electrons. The Hall–Kier alpha value is -3.19. The molecule has 7 heteroatoms. The van der Waals surface area contributed by atoms with Gasteiger partial charge >= 0.3 is 0 Å². The zero-order chi connectivity index (χ0) is 26.8. The van der Waals surface area contributed by atoms with E-state index in [1.165, 1.54) is 22.5 Å². The van der Waals surface area contributed by atoms with E-state index in [4.69, 9.17) is 4.74 Å². The molecule has 1 atom stereocenters. The lowest BCUT2D eigenvalue weighted by Crippen LogP contribution is -2.43. The Kier molecular flexibility index (Phi) is 7.84. The number of amides is 2. The van der Waals surface area contributed by atoms with E-state index in [0.717, 1.165) is 60.5 Å². The average molecular weight is 532 g/mol. The van der Waals surface area contributed by atoms with Crippen LogP contribution in [0.2, 0.25) is 0 Å². The molecule has 3 aromatic rings. The third-order valence-electron chi connectivity index (χ3n) is 7.95. The fraction of sp³-hybridized carbons (Fsp3) is 0.452. The molecule has 0 spiro atoms. The molecular weight excluding hydrogens is 494 g/mol. The molecule has 6 nitrogen and oxygen atoms in total. The maximum Gasteiger partial charge on any atom is 0.273 e. The van der Waals surface area contributed by atoms with Gasteiger partial charge in [0.1, 0.15) is 23.1 Å². The van der Waals surface area contributed by atoms with Gasteiger partial charge in [-0.15, -0.1) is 11.3 Å². The van der Waals surface area contributed by atoms with Crippen molar-refractivity contribution < 1.29 is 14.3 Å². The summed E-state index contributed by atoms with van der Waals surface area (Å²) in [6, 6.07) is 14.8. The third-order valence-corrected chi connectivity index (χ3v) is 8.78.